The molecular weight excluding hydrogens is 484 g/mol. The highest BCUT2D eigenvalue weighted by atomic mass is 35.5. The predicted molar refractivity (Wildman–Crippen MR) is 133 cm³/mol. The number of hydrogen-bond donors (Lipinski definition) is 2. The molecule has 0 fully saturated rings. The number of aromatic nitrogens is 1. The second-order valence-electron chi connectivity index (χ2n) is 7.47. The first-order valence-corrected chi connectivity index (χ1v) is 13.5. The van der Waals surface area contributed by atoms with Crippen molar-refractivity contribution < 1.29 is 17.9 Å². The maximum atomic E-state index is 13.0. The molecule has 2 aromatic heterocycles. The van der Waals surface area contributed by atoms with Crippen LogP contribution in [0.15, 0.2) is 41.2 Å². The van der Waals surface area contributed by atoms with Crippen LogP contribution in [-0.2, 0) is 16.4 Å². The van der Waals surface area contributed by atoms with Gasteiger partial charge in [0.15, 0.2) is 0 Å². The third-order valence-corrected chi connectivity index (χ3v) is 6.94. The SMILES string of the molecule is CCCCOc1ccc(-c2cc(-c3ccc(CC)s3)c(C(=O)NS(C)(=O)=O)c(=O)[nH]2)c(Cl)c1. The van der Waals surface area contributed by atoms with Crippen LogP contribution < -0.4 is 15.0 Å². The van der Waals surface area contributed by atoms with Crippen molar-refractivity contribution in [1.82, 2.24) is 9.71 Å². The Bertz CT molecular complexity index is 1330. The largest absolute Gasteiger partial charge is 0.494 e. The van der Waals surface area contributed by atoms with E-state index < -0.39 is 21.5 Å². The molecule has 10 heteroatoms. The van der Waals surface area contributed by atoms with Gasteiger partial charge < -0.3 is 9.72 Å². The molecule has 2 heterocycles. The lowest BCUT2D eigenvalue weighted by atomic mass is 10.0. The van der Waals surface area contributed by atoms with E-state index in [0.717, 1.165) is 30.4 Å². The summed E-state index contributed by atoms with van der Waals surface area (Å²) >= 11 is 7.92. The molecule has 0 aliphatic heterocycles. The van der Waals surface area contributed by atoms with Gasteiger partial charge in [-0.2, -0.15) is 0 Å². The topological polar surface area (TPSA) is 105 Å². The van der Waals surface area contributed by atoms with E-state index in [9.17, 15) is 18.0 Å². The number of rotatable bonds is 9. The number of benzene rings is 1. The summed E-state index contributed by atoms with van der Waals surface area (Å²) in [5.41, 5.74) is 0.306. The Kier molecular flexibility index (Phi) is 7.99. The lowest BCUT2D eigenvalue weighted by molar-refractivity contribution is 0.0981. The third-order valence-electron chi connectivity index (χ3n) is 4.81. The van der Waals surface area contributed by atoms with Crippen molar-refractivity contribution in [2.24, 2.45) is 0 Å². The van der Waals surface area contributed by atoms with Crippen LogP contribution in [0.3, 0.4) is 0 Å². The van der Waals surface area contributed by atoms with Crippen LogP contribution >= 0.6 is 22.9 Å². The van der Waals surface area contributed by atoms with Gasteiger partial charge in [0, 0.05) is 20.9 Å². The molecule has 0 unspecified atom stereocenters. The average molecular weight is 509 g/mol. The lowest BCUT2D eigenvalue weighted by Crippen LogP contribution is -2.34. The minimum absolute atomic E-state index is 0.274. The van der Waals surface area contributed by atoms with E-state index >= 15 is 0 Å². The van der Waals surface area contributed by atoms with Gasteiger partial charge in [0.25, 0.3) is 11.5 Å². The Morgan fingerprint density at radius 1 is 1.15 bits per heavy atom. The smallest absolute Gasteiger partial charge is 0.270 e. The first-order valence-electron chi connectivity index (χ1n) is 10.4. The number of halogens is 1. The average Bonchev–Trinajstić information content (AvgIpc) is 3.21. The van der Waals surface area contributed by atoms with Gasteiger partial charge in [-0.25, -0.2) is 13.1 Å². The standard InChI is InChI=1S/C23H25ClN2O5S2/c1-4-6-11-31-14-7-9-16(18(24)12-14)19-13-17(20-10-8-15(5-2)32-20)21(22(27)25-19)23(28)26-33(3,29)30/h7-10,12-13H,4-6,11H2,1-3H3,(H,25,27)(H,26,28). The molecule has 0 radical (unpaired) electrons. The number of ether oxygens (including phenoxy) is 1. The highest BCUT2D eigenvalue weighted by molar-refractivity contribution is 7.89. The Morgan fingerprint density at radius 3 is 2.52 bits per heavy atom. The molecule has 0 bridgehead atoms. The fourth-order valence-electron chi connectivity index (χ4n) is 3.20. The second kappa shape index (κ2) is 10.5. The van der Waals surface area contributed by atoms with Gasteiger partial charge in [0.1, 0.15) is 11.3 Å². The zero-order valence-electron chi connectivity index (χ0n) is 18.5. The van der Waals surface area contributed by atoms with E-state index in [4.69, 9.17) is 16.3 Å². The quantitative estimate of drug-likeness (QED) is 0.402. The van der Waals surface area contributed by atoms with E-state index in [1.807, 2.05) is 23.8 Å². The van der Waals surface area contributed by atoms with Crippen molar-refractivity contribution in [3.63, 3.8) is 0 Å². The Balaban J connectivity index is 2.11. The van der Waals surface area contributed by atoms with E-state index in [1.165, 1.54) is 11.3 Å². The number of unbranched alkanes of at least 4 members (excludes halogenated alkanes) is 1. The number of carbonyl (C=O) groups is 1. The van der Waals surface area contributed by atoms with Gasteiger partial charge in [0.2, 0.25) is 10.0 Å². The normalized spacial score (nSPS) is 11.4. The van der Waals surface area contributed by atoms with Crippen molar-refractivity contribution >= 4 is 38.9 Å². The van der Waals surface area contributed by atoms with Gasteiger partial charge in [-0.05, 0) is 49.2 Å². The molecule has 0 saturated carbocycles. The van der Waals surface area contributed by atoms with Crippen LogP contribution in [0, 0.1) is 0 Å². The van der Waals surface area contributed by atoms with Crippen molar-refractivity contribution in [2.45, 2.75) is 33.1 Å². The molecule has 0 spiro atoms. The van der Waals surface area contributed by atoms with Gasteiger partial charge >= 0.3 is 0 Å². The third kappa shape index (κ3) is 6.25. The maximum Gasteiger partial charge on any atom is 0.270 e. The van der Waals surface area contributed by atoms with Crippen LogP contribution in [0.5, 0.6) is 5.75 Å². The highest BCUT2D eigenvalue weighted by Gasteiger charge is 2.23. The van der Waals surface area contributed by atoms with E-state index in [-0.39, 0.29) is 5.56 Å². The second-order valence-corrected chi connectivity index (χ2v) is 10.8. The van der Waals surface area contributed by atoms with E-state index in [2.05, 4.69) is 11.9 Å². The van der Waals surface area contributed by atoms with Gasteiger partial charge in [-0.15, -0.1) is 11.3 Å². The highest BCUT2D eigenvalue weighted by Crippen LogP contribution is 2.35. The van der Waals surface area contributed by atoms with Crippen LogP contribution in [-0.4, -0.2) is 32.2 Å². The summed E-state index contributed by atoms with van der Waals surface area (Å²) in [6.45, 7) is 4.65. The minimum atomic E-state index is -3.85. The summed E-state index contributed by atoms with van der Waals surface area (Å²) in [5, 5.41) is 0.374. The number of carbonyl (C=O) groups excluding carboxylic acids is 1. The van der Waals surface area contributed by atoms with Gasteiger partial charge in [-0.1, -0.05) is 31.9 Å². The van der Waals surface area contributed by atoms with Crippen molar-refractivity contribution in [3.8, 4) is 27.4 Å². The monoisotopic (exact) mass is 508 g/mol. The molecule has 0 saturated heterocycles. The van der Waals surface area contributed by atoms with E-state index in [1.54, 1.807) is 24.3 Å². The van der Waals surface area contributed by atoms with Crippen LogP contribution in [0.4, 0.5) is 0 Å². The first kappa shape index (κ1) is 25.0. The summed E-state index contributed by atoms with van der Waals surface area (Å²) in [6, 6.07) is 10.5. The molecule has 1 amide bonds. The Hall–Kier alpha value is -2.62. The first-order chi connectivity index (χ1) is 15.6. The number of aryl methyl sites for hydroxylation is 1. The molecule has 3 aromatic rings. The minimum Gasteiger partial charge on any atom is -0.494 e. The molecule has 0 aliphatic carbocycles. The molecule has 1 aromatic carbocycles. The fraction of sp³-hybridized carbons (Fsp3) is 0.304. The fourth-order valence-corrected chi connectivity index (χ4v) is 4.88. The number of amides is 1. The van der Waals surface area contributed by atoms with Crippen molar-refractivity contribution in [1.29, 1.82) is 0 Å². The molecule has 176 valence electrons. The molecule has 3 rings (SSSR count). The number of pyridine rings is 1. The van der Waals surface area contributed by atoms with Crippen LogP contribution in [0.2, 0.25) is 5.02 Å². The van der Waals surface area contributed by atoms with Crippen LogP contribution in [0.1, 0.15) is 41.9 Å². The zero-order chi connectivity index (χ0) is 24.2. The number of thiophene rings is 1. The maximum absolute atomic E-state index is 13.0. The van der Waals surface area contributed by atoms with Crippen molar-refractivity contribution in [2.75, 3.05) is 12.9 Å². The van der Waals surface area contributed by atoms with Crippen molar-refractivity contribution in [3.05, 3.63) is 62.2 Å². The zero-order valence-corrected chi connectivity index (χ0v) is 20.9. The molecular formula is C23H25ClN2O5S2. The molecule has 7 nitrogen and oxygen atoms in total. The lowest BCUT2D eigenvalue weighted by Gasteiger charge is -2.12. The summed E-state index contributed by atoms with van der Waals surface area (Å²) in [6.07, 6.45) is 3.58. The Morgan fingerprint density at radius 2 is 1.91 bits per heavy atom. The summed E-state index contributed by atoms with van der Waals surface area (Å²) in [4.78, 5) is 30.1. The molecule has 33 heavy (non-hydrogen) atoms. The van der Waals surface area contributed by atoms with Gasteiger partial charge in [0.05, 0.1) is 23.6 Å². The number of aromatic amines is 1. The van der Waals surface area contributed by atoms with E-state index in [0.29, 0.717) is 39.1 Å². The summed E-state index contributed by atoms with van der Waals surface area (Å²) < 4.78 is 30.8. The number of sulfonamides is 1. The predicted octanol–water partition coefficient (Wildman–Crippen LogP) is 4.85. The number of H-pyrrole nitrogens is 1. The summed E-state index contributed by atoms with van der Waals surface area (Å²) in [7, 11) is -3.85. The van der Waals surface area contributed by atoms with Gasteiger partial charge in [-0.3, -0.25) is 9.59 Å². The molecule has 0 aliphatic rings. The Labute approximate surface area is 201 Å². The molecule has 0 atom stereocenters. The summed E-state index contributed by atoms with van der Waals surface area (Å²) in [5.74, 6) is -0.368. The molecule has 2 N–H and O–H groups in total. The number of hydrogen-bond acceptors (Lipinski definition) is 6. The number of nitrogens with one attached hydrogen (secondary N) is 2. The van der Waals surface area contributed by atoms with Crippen LogP contribution in [0.25, 0.3) is 21.7 Å².